The average molecular weight is 309 g/mol. The molecule has 1 N–H and O–H groups in total. The minimum atomic E-state index is -1.26. The summed E-state index contributed by atoms with van der Waals surface area (Å²) < 4.78 is 0. The second-order valence-corrected chi connectivity index (χ2v) is 5.20. The van der Waals surface area contributed by atoms with Crippen molar-refractivity contribution in [3.05, 3.63) is 0 Å². The van der Waals surface area contributed by atoms with Crippen molar-refractivity contribution in [2.24, 2.45) is 0 Å². The zero-order valence-electron chi connectivity index (χ0n) is 6.31. The van der Waals surface area contributed by atoms with E-state index in [0.717, 1.165) is 0 Å². The Kier molecular flexibility index (Phi) is 7.98. The zero-order valence-corrected chi connectivity index (χ0v) is 10.8. The highest BCUT2D eigenvalue weighted by Crippen LogP contribution is 2.27. The molecular weight excluding hydrogens is 301 g/mol. The van der Waals surface area contributed by atoms with Gasteiger partial charge in [0.1, 0.15) is 5.56 Å². The monoisotopic (exact) mass is 306 g/mol. The molecular formula is C6H8Cl6O. The lowest BCUT2D eigenvalue weighted by molar-refractivity contribution is 0.246. The van der Waals surface area contributed by atoms with Crippen molar-refractivity contribution in [3.8, 4) is 0 Å². The molecule has 0 aromatic heterocycles. The molecule has 0 aliphatic rings. The fourth-order valence-electron chi connectivity index (χ4n) is 0.612. The molecule has 0 rings (SSSR count). The van der Waals surface area contributed by atoms with Gasteiger partial charge in [-0.05, 0) is 0 Å². The molecule has 0 saturated heterocycles. The second-order valence-electron chi connectivity index (χ2n) is 2.38. The lowest BCUT2D eigenvalue weighted by Crippen LogP contribution is -2.37. The van der Waals surface area contributed by atoms with Gasteiger partial charge < -0.3 is 5.11 Å². The fraction of sp³-hybridized carbons (Fsp3) is 1.00. The van der Waals surface area contributed by atoms with Gasteiger partial charge in [-0.3, -0.25) is 0 Å². The molecule has 0 aromatic carbocycles. The Hall–Kier alpha value is 1.70. The minimum Gasteiger partial charge on any atom is -0.376 e. The zero-order chi connectivity index (χ0) is 10.6. The lowest BCUT2D eigenvalue weighted by Gasteiger charge is -2.24. The van der Waals surface area contributed by atoms with E-state index in [-0.39, 0.29) is 5.88 Å². The van der Waals surface area contributed by atoms with Gasteiger partial charge in [0.2, 0.25) is 0 Å². The van der Waals surface area contributed by atoms with Gasteiger partial charge in [-0.25, -0.2) is 0 Å². The van der Waals surface area contributed by atoms with Crippen LogP contribution in [0, 0.1) is 0 Å². The maximum atomic E-state index is 8.91. The molecule has 0 bridgehead atoms. The molecule has 13 heavy (non-hydrogen) atoms. The van der Waals surface area contributed by atoms with Crippen molar-refractivity contribution in [2.75, 3.05) is 5.88 Å². The summed E-state index contributed by atoms with van der Waals surface area (Å²) in [5.74, 6) is 0.154. The van der Waals surface area contributed by atoms with E-state index < -0.39 is 27.1 Å². The van der Waals surface area contributed by atoms with Crippen molar-refractivity contribution in [3.63, 3.8) is 0 Å². The molecule has 0 aliphatic heterocycles. The topological polar surface area (TPSA) is 20.2 Å². The molecule has 0 aliphatic carbocycles. The third-order valence-corrected chi connectivity index (χ3v) is 4.70. The summed E-state index contributed by atoms with van der Waals surface area (Å²) in [5, 5.41) is 6.15. The van der Waals surface area contributed by atoms with Crippen molar-refractivity contribution in [1.82, 2.24) is 0 Å². The van der Waals surface area contributed by atoms with Gasteiger partial charge in [-0.1, -0.05) is 11.6 Å². The summed E-state index contributed by atoms with van der Waals surface area (Å²) in [4.78, 5) is 0. The predicted octanol–water partition coefficient (Wildman–Crippen LogP) is 3.21. The van der Waals surface area contributed by atoms with Crippen LogP contribution < -0.4 is 0 Å². The van der Waals surface area contributed by atoms with E-state index in [9.17, 15) is 0 Å². The summed E-state index contributed by atoms with van der Waals surface area (Å²) in [6, 6.07) is 0. The van der Waals surface area contributed by atoms with E-state index in [1.807, 2.05) is 0 Å². The van der Waals surface area contributed by atoms with Crippen molar-refractivity contribution >= 4 is 69.6 Å². The SMILES string of the molecule is OC(Cl)C(Cl)C(Cl)C(Cl)C(Cl)CCl. The van der Waals surface area contributed by atoms with Gasteiger partial charge in [0, 0.05) is 5.88 Å². The van der Waals surface area contributed by atoms with Crippen molar-refractivity contribution in [2.45, 2.75) is 27.1 Å². The molecule has 0 saturated carbocycles. The highest BCUT2D eigenvalue weighted by molar-refractivity contribution is 6.40. The summed E-state index contributed by atoms with van der Waals surface area (Å²) in [6.07, 6.45) is 0. The van der Waals surface area contributed by atoms with Crippen LogP contribution in [0.4, 0.5) is 0 Å². The molecule has 0 heterocycles. The molecule has 5 atom stereocenters. The highest BCUT2D eigenvalue weighted by atomic mass is 35.5. The largest absolute Gasteiger partial charge is 0.376 e. The third kappa shape index (κ3) is 4.83. The molecule has 0 radical (unpaired) electrons. The van der Waals surface area contributed by atoms with E-state index in [1.165, 1.54) is 0 Å². The lowest BCUT2D eigenvalue weighted by atomic mass is 10.2. The molecule has 0 spiro atoms. The van der Waals surface area contributed by atoms with E-state index in [0.29, 0.717) is 0 Å². The van der Waals surface area contributed by atoms with Crippen LogP contribution in [-0.4, -0.2) is 38.1 Å². The number of hydrogen-bond acceptors (Lipinski definition) is 1. The van der Waals surface area contributed by atoms with Crippen LogP contribution in [0.5, 0.6) is 0 Å². The molecule has 1 nitrogen and oxygen atoms in total. The van der Waals surface area contributed by atoms with Crippen LogP contribution >= 0.6 is 69.6 Å². The Morgan fingerprint density at radius 2 is 1.31 bits per heavy atom. The first-order chi connectivity index (χ1) is 5.91. The van der Waals surface area contributed by atoms with E-state index in [1.54, 1.807) is 0 Å². The van der Waals surface area contributed by atoms with Crippen LogP contribution in [0.3, 0.4) is 0 Å². The van der Waals surface area contributed by atoms with E-state index >= 15 is 0 Å². The van der Waals surface area contributed by atoms with E-state index in [4.69, 9.17) is 74.7 Å². The fourth-order valence-corrected chi connectivity index (χ4v) is 2.15. The number of aliphatic hydroxyl groups is 1. The number of aliphatic hydroxyl groups excluding tert-OH is 1. The maximum absolute atomic E-state index is 8.91. The van der Waals surface area contributed by atoms with Crippen LogP contribution in [0.25, 0.3) is 0 Å². The molecule has 80 valence electrons. The highest BCUT2D eigenvalue weighted by Gasteiger charge is 2.33. The summed E-state index contributed by atoms with van der Waals surface area (Å²) >= 11 is 33.8. The molecule has 0 aromatic rings. The van der Waals surface area contributed by atoms with Crippen LogP contribution in [0.15, 0.2) is 0 Å². The quantitative estimate of drug-likeness (QED) is 0.773. The Bertz CT molecular complexity index is 143. The summed E-state index contributed by atoms with van der Waals surface area (Å²) in [6.45, 7) is 0. The summed E-state index contributed by atoms with van der Waals surface area (Å²) in [7, 11) is 0. The number of rotatable bonds is 5. The number of alkyl halides is 6. The van der Waals surface area contributed by atoms with Gasteiger partial charge in [0.15, 0.2) is 0 Å². The predicted molar refractivity (Wildman–Crippen MR) is 61.1 cm³/mol. The Morgan fingerprint density at radius 1 is 0.846 bits per heavy atom. The first kappa shape index (κ1) is 14.7. The van der Waals surface area contributed by atoms with Gasteiger partial charge in [0.05, 0.1) is 21.5 Å². The van der Waals surface area contributed by atoms with Crippen LogP contribution in [0.1, 0.15) is 0 Å². The number of hydrogen-bond donors (Lipinski definition) is 1. The smallest absolute Gasteiger partial charge is 0.145 e. The average Bonchev–Trinajstić information content (AvgIpc) is 2.12. The van der Waals surface area contributed by atoms with Gasteiger partial charge >= 0.3 is 0 Å². The van der Waals surface area contributed by atoms with Gasteiger partial charge in [0.25, 0.3) is 0 Å². The third-order valence-electron chi connectivity index (χ3n) is 1.36. The Morgan fingerprint density at radius 3 is 1.62 bits per heavy atom. The summed E-state index contributed by atoms with van der Waals surface area (Å²) in [5.41, 5.74) is -1.26. The van der Waals surface area contributed by atoms with Gasteiger partial charge in [-0.15, -0.1) is 58.0 Å². The molecule has 7 heteroatoms. The van der Waals surface area contributed by atoms with Crippen LogP contribution in [-0.2, 0) is 0 Å². The van der Waals surface area contributed by atoms with Crippen molar-refractivity contribution in [1.29, 1.82) is 0 Å². The van der Waals surface area contributed by atoms with Crippen molar-refractivity contribution < 1.29 is 5.11 Å². The standard InChI is InChI=1S/C6H8Cl6O/c7-1-2(8)3(9)4(10)5(11)6(12)13/h2-6,13H,1H2. The van der Waals surface area contributed by atoms with Crippen LogP contribution in [0.2, 0.25) is 0 Å². The minimum absolute atomic E-state index is 0.154. The molecule has 0 fully saturated rings. The Labute approximate surface area is 107 Å². The Balaban J connectivity index is 4.15. The normalized spacial score (nSPS) is 23.3. The first-order valence-electron chi connectivity index (χ1n) is 3.36. The maximum Gasteiger partial charge on any atom is 0.145 e. The van der Waals surface area contributed by atoms with Gasteiger partial charge in [-0.2, -0.15) is 0 Å². The number of halogens is 6. The van der Waals surface area contributed by atoms with E-state index in [2.05, 4.69) is 0 Å². The first-order valence-corrected chi connectivity index (χ1v) is 6.07. The second kappa shape index (κ2) is 7.05. The molecule has 5 unspecified atom stereocenters. The molecule has 0 amide bonds.